The molecule has 25 heavy (non-hydrogen) atoms. The number of fused-ring (bicyclic) bond motifs is 1. The molecule has 0 unspecified atom stereocenters. The molecule has 1 N–H and O–H groups in total. The van der Waals surface area contributed by atoms with Gasteiger partial charge in [0.25, 0.3) is 5.56 Å². The lowest BCUT2D eigenvalue weighted by molar-refractivity contribution is 0.0531. The minimum absolute atomic E-state index is 0.262. The van der Waals surface area contributed by atoms with E-state index >= 15 is 0 Å². The molecule has 0 radical (unpaired) electrons. The average molecular weight is 358 g/mol. The van der Waals surface area contributed by atoms with Crippen molar-refractivity contribution in [1.82, 2.24) is 9.97 Å². The van der Waals surface area contributed by atoms with E-state index in [9.17, 15) is 14.0 Å². The quantitative estimate of drug-likeness (QED) is 0.721. The van der Waals surface area contributed by atoms with E-state index in [2.05, 4.69) is 9.97 Å². The second-order valence-corrected chi connectivity index (χ2v) is 6.30. The number of ether oxygens (including phenoxy) is 1. The number of thiophene rings is 1. The number of halogens is 1. The summed E-state index contributed by atoms with van der Waals surface area (Å²) in [7, 11) is 0. The van der Waals surface area contributed by atoms with Gasteiger partial charge in [0, 0.05) is 0 Å². The second kappa shape index (κ2) is 6.98. The molecule has 0 aliphatic rings. The molecular formula is C18H15FN2O3S. The number of aromatic nitrogens is 2. The lowest BCUT2D eigenvalue weighted by Gasteiger charge is -1.98. The first-order valence-electron chi connectivity index (χ1n) is 7.63. The third-order valence-corrected chi connectivity index (χ3v) is 4.73. The fourth-order valence-corrected chi connectivity index (χ4v) is 3.50. The van der Waals surface area contributed by atoms with E-state index in [1.165, 1.54) is 12.1 Å². The highest BCUT2D eigenvalue weighted by atomic mass is 32.1. The number of esters is 1. The molecule has 0 fully saturated rings. The zero-order valence-corrected chi connectivity index (χ0v) is 14.4. The van der Waals surface area contributed by atoms with E-state index in [0.29, 0.717) is 32.0 Å². The predicted octanol–water partition coefficient (Wildman–Crippen LogP) is 3.78. The highest BCUT2D eigenvalue weighted by molar-refractivity contribution is 7.20. The maximum Gasteiger partial charge on any atom is 0.348 e. The van der Waals surface area contributed by atoms with E-state index < -0.39 is 5.97 Å². The average Bonchev–Trinajstić information content (AvgIpc) is 2.91. The molecule has 0 spiro atoms. The van der Waals surface area contributed by atoms with Crippen LogP contribution < -0.4 is 5.56 Å². The van der Waals surface area contributed by atoms with Crippen molar-refractivity contribution in [3.8, 4) is 0 Å². The summed E-state index contributed by atoms with van der Waals surface area (Å²) in [5.41, 5.74) is 0.887. The van der Waals surface area contributed by atoms with Gasteiger partial charge in [0.2, 0.25) is 0 Å². The van der Waals surface area contributed by atoms with Crippen molar-refractivity contribution < 1.29 is 13.9 Å². The van der Waals surface area contributed by atoms with Crippen molar-refractivity contribution >= 4 is 39.7 Å². The lowest BCUT2D eigenvalue weighted by atomic mass is 10.2. The van der Waals surface area contributed by atoms with Crippen LogP contribution in [0.4, 0.5) is 4.39 Å². The number of nitrogens with one attached hydrogen (secondary N) is 1. The number of aryl methyl sites for hydroxylation is 1. The Hall–Kier alpha value is -2.80. The Morgan fingerprint density at radius 1 is 1.40 bits per heavy atom. The number of carbonyl (C=O) groups is 1. The van der Waals surface area contributed by atoms with Gasteiger partial charge >= 0.3 is 5.97 Å². The Morgan fingerprint density at radius 2 is 2.20 bits per heavy atom. The minimum Gasteiger partial charge on any atom is -0.462 e. The Kier molecular flexibility index (Phi) is 4.76. The summed E-state index contributed by atoms with van der Waals surface area (Å²) in [4.78, 5) is 32.2. The molecule has 0 aliphatic carbocycles. The number of aromatic amines is 1. The number of H-pyrrole nitrogens is 1. The van der Waals surface area contributed by atoms with Crippen LogP contribution in [0.1, 0.15) is 33.5 Å². The molecule has 3 rings (SSSR count). The lowest BCUT2D eigenvalue weighted by Crippen LogP contribution is -2.10. The van der Waals surface area contributed by atoms with Gasteiger partial charge in [-0.2, -0.15) is 0 Å². The van der Waals surface area contributed by atoms with Gasteiger partial charge in [0.15, 0.2) is 0 Å². The number of benzene rings is 1. The predicted molar refractivity (Wildman–Crippen MR) is 96.3 cm³/mol. The van der Waals surface area contributed by atoms with Crippen LogP contribution in [0.15, 0.2) is 29.1 Å². The van der Waals surface area contributed by atoms with Gasteiger partial charge < -0.3 is 9.72 Å². The molecule has 0 saturated carbocycles. The summed E-state index contributed by atoms with van der Waals surface area (Å²) in [5, 5.41) is 0.385. The largest absolute Gasteiger partial charge is 0.462 e. The zero-order valence-electron chi connectivity index (χ0n) is 13.6. The summed E-state index contributed by atoms with van der Waals surface area (Å²) >= 11 is 1.12. The first-order valence-corrected chi connectivity index (χ1v) is 8.45. The van der Waals surface area contributed by atoms with Gasteiger partial charge in [0.1, 0.15) is 21.3 Å². The van der Waals surface area contributed by atoms with Crippen LogP contribution in [0.25, 0.3) is 22.4 Å². The maximum absolute atomic E-state index is 13.2. The topological polar surface area (TPSA) is 72.0 Å². The van der Waals surface area contributed by atoms with Crippen molar-refractivity contribution in [3.63, 3.8) is 0 Å². The molecule has 0 saturated heterocycles. The number of hydrogen-bond acceptors (Lipinski definition) is 5. The monoisotopic (exact) mass is 358 g/mol. The first-order chi connectivity index (χ1) is 12.0. The van der Waals surface area contributed by atoms with Gasteiger partial charge in [0.05, 0.1) is 12.0 Å². The summed E-state index contributed by atoms with van der Waals surface area (Å²) in [6, 6.07) is 6.07. The molecule has 0 bridgehead atoms. The van der Waals surface area contributed by atoms with E-state index in [0.717, 1.165) is 11.3 Å². The number of nitrogens with zero attached hydrogens (tertiary/aromatic N) is 1. The Morgan fingerprint density at radius 3 is 2.92 bits per heavy atom. The molecule has 1 aromatic carbocycles. The fraction of sp³-hybridized carbons (Fsp3) is 0.167. The van der Waals surface area contributed by atoms with Crippen LogP contribution in [-0.4, -0.2) is 22.5 Å². The number of carbonyl (C=O) groups excluding carboxylic acids is 1. The third kappa shape index (κ3) is 3.51. The Balaban J connectivity index is 2.01. The highest BCUT2D eigenvalue weighted by Gasteiger charge is 2.19. The summed E-state index contributed by atoms with van der Waals surface area (Å²) in [6.07, 6.45) is 3.24. The molecular weight excluding hydrogens is 343 g/mol. The highest BCUT2D eigenvalue weighted by Crippen LogP contribution is 2.27. The van der Waals surface area contributed by atoms with Crippen molar-refractivity contribution in [2.45, 2.75) is 13.8 Å². The van der Waals surface area contributed by atoms with Gasteiger partial charge in [-0.3, -0.25) is 4.79 Å². The molecule has 2 aromatic heterocycles. The van der Waals surface area contributed by atoms with E-state index in [1.54, 1.807) is 38.1 Å². The van der Waals surface area contributed by atoms with Crippen LogP contribution in [0, 0.1) is 12.7 Å². The van der Waals surface area contributed by atoms with E-state index in [4.69, 9.17) is 4.74 Å². The van der Waals surface area contributed by atoms with Gasteiger partial charge in [-0.15, -0.1) is 11.3 Å². The summed E-state index contributed by atoms with van der Waals surface area (Å²) in [6.45, 7) is 3.68. The first kappa shape index (κ1) is 17.0. The molecule has 0 atom stereocenters. The SMILES string of the molecule is CCOC(=O)c1sc2nc(/C=C/c3cccc(F)c3)[nH]c(=O)c2c1C. The fourth-order valence-electron chi connectivity index (χ4n) is 2.42. The minimum atomic E-state index is -0.459. The molecule has 5 nitrogen and oxygen atoms in total. The molecule has 3 aromatic rings. The van der Waals surface area contributed by atoms with Gasteiger partial charge in [-0.05, 0) is 43.2 Å². The van der Waals surface area contributed by atoms with Crippen LogP contribution in [0.5, 0.6) is 0 Å². The van der Waals surface area contributed by atoms with Crippen LogP contribution in [0.2, 0.25) is 0 Å². The van der Waals surface area contributed by atoms with Crippen LogP contribution in [-0.2, 0) is 4.74 Å². The smallest absolute Gasteiger partial charge is 0.348 e. The summed E-state index contributed by atoms with van der Waals surface area (Å²) in [5.74, 6) is -0.468. The molecule has 0 aliphatic heterocycles. The number of hydrogen-bond donors (Lipinski definition) is 1. The van der Waals surface area contributed by atoms with Gasteiger partial charge in [-0.1, -0.05) is 18.2 Å². The number of rotatable bonds is 4. The van der Waals surface area contributed by atoms with Crippen molar-refractivity contribution in [2.24, 2.45) is 0 Å². The van der Waals surface area contributed by atoms with Crippen molar-refractivity contribution in [3.05, 3.63) is 62.3 Å². The standard InChI is InChI=1S/C18H15FN2O3S/c1-3-24-18(23)15-10(2)14-16(22)20-13(21-17(14)25-15)8-7-11-5-4-6-12(19)9-11/h4-9H,3H2,1-2H3,(H,20,21,22)/b8-7+. The molecule has 0 amide bonds. The molecule has 2 heterocycles. The van der Waals surface area contributed by atoms with E-state index in [-0.39, 0.29) is 18.0 Å². The second-order valence-electron chi connectivity index (χ2n) is 5.30. The molecule has 7 heteroatoms. The van der Waals surface area contributed by atoms with Crippen LogP contribution >= 0.6 is 11.3 Å². The maximum atomic E-state index is 13.2. The Bertz CT molecular complexity index is 1040. The normalized spacial score (nSPS) is 11.3. The summed E-state index contributed by atoms with van der Waals surface area (Å²) < 4.78 is 18.2. The van der Waals surface area contributed by atoms with Gasteiger partial charge in [-0.25, -0.2) is 14.2 Å². The molecule has 128 valence electrons. The van der Waals surface area contributed by atoms with Crippen molar-refractivity contribution in [1.29, 1.82) is 0 Å². The van der Waals surface area contributed by atoms with Crippen molar-refractivity contribution in [2.75, 3.05) is 6.61 Å². The third-order valence-electron chi connectivity index (χ3n) is 3.56. The Labute approximate surface area is 146 Å². The van der Waals surface area contributed by atoms with Crippen LogP contribution in [0.3, 0.4) is 0 Å². The zero-order chi connectivity index (χ0) is 18.0. The van der Waals surface area contributed by atoms with E-state index in [1.807, 2.05) is 0 Å².